The average Bonchev–Trinajstić information content (AvgIpc) is 2.46. The molecule has 0 aromatic carbocycles. The molecule has 8 heteroatoms. The lowest BCUT2D eigenvalue weighted by molar-refractivity contribution is -0.154. The van der Waals surface area contributed by atoms with E-state index in [1.165, 1.54) is 0 Å². The molecule has 0 bridgehead atoms. The van der Waals surface area contributed by atoms with Gasteiger partial charge in [0, 0.05) is 5.92 Å². The van der Waals surface area contributed by atoms with Crippen molar-refractivity contribution in [2.45, 2.75) is 46.2 Å². The van der Waals surface area contributed by atoms with Gasteiger partial charge in [0.05, 0.1) is 19.6 Å². The highest BCUT2D eigenvalue weighted by Crippen LogP contribution is 2.09. The molecule has 2 atom stereocenters. The van der Waals surface area contributed by atoms with Crippen LogP contribution in [0.5, 0.6) is 0 Å². The van der Waals surface area contributed by atoms with Crippen molar-refractivity contribution in [3.63, 3.8) is 0 Å². The number of carbonyl (C=O) groups excluding carboxylic acids is 2. The molecule has 0 aliphatic carbocycles. The Kier molecular flexibility index (Phi) is 9.43. The summed E-state index contributed by atoms with van der Waals surface area (Å²) in [5, 5.41) is 8.88. The summed E-state index contributed by atoms with van der Waals surface area (Å²) in [5.41, 5.74) is 11.3. The maximum atomic E-state index is 11.7. The zero-order valence-corrected chi connectivity index (χ0v) is 14.2. The summed E-state index contributed by atoms with van der Waals surface area (Å²) in [6.07, 6.45) is -0.297. The van der Waals surface area contributed by atoms with Crippen LogP contribution in [-0.2, 0) is 23.9 Å². The summed E-state index contributed by atoms with van der Waals surface area (Å²) >= 11 is 0. The van der Waals surface area contributed by atoms with E-state index >= 15 is 0 Å². The average molecular weight is 332 g/mol. The van der Waals surface area contributed by atoms with E-state index in [2.05, 4.69) is 0 Å². The van der Waals surface area contributed by atoms with E-state index in [0.29, 0.717) is 0 Å². The van der Waals surface area contributed by atoms with Crippen LogP contribution in [-0.4, -0.2) is 48.3 Å². The summed E-state index contributed by atoms with van der Waals surface area (Å²) in [5.74, 6) is -3.15. The Hall–Kier alpha value is -1.67. The van der Waals surface area contributed by atoms with Gasteiger partial charge < -0.3 is 26.0 Å². The smallest absolute Gasteiger partial charge is 0.323 e. The zero-order chi connectivity index (χ0) is 18.2. The molecule has 23 heavy (non-hydrogen) atoms. The van der Waals surface area contributed by atoms with E-state index in [1.807, 2.05) is 0 Å². The van der Waals surface area contributed by atoms with Gasteiger partial charge in [-0.1, -0.05) is 27.7 Å². The predicted octanol–water partition coefficient (Wildman–Crippen LogP) is 0.130. The highest BCUT2D eigenvalue weighted by molar-refractivity contribution is 5.76. The molecule has 0 aliphatic rings. The standard InChI is InChI=1S/C15H28N2O6/c1-8(2)12(16)14(20)22-6-10(5-11(18)19)7-23-15(21)13(17)9(3)4/h8-10,12-13H,5-7,16-17H2,1-4H3,(H,18,19)/t12-,13-/m0/s1. The molecule has 0 aliphatic heterocycles. The van der Waals surface area contributed by atoms with Gasteiger partial charge in [-0.2, -0.15) is 0 Å². The van der Waals surface area contributed by atoms with Crippen molar-refractivity contribution in [3.8, 4) is 0 Å². The Morgan fingerprint density at radius 2 is 1.22 bits per heavy atom. The van der Waals surface area contributed by atoms with Gasteiger partial charge in [-0.3, -0.25) is 14.4 Å². The van der Waals surface area contributed by atoms with Crippen molar-refractivity contribution < 1.29 is 29.0 Å². The number of carboxylic acid groups (broad SMARTS) is 1. The summed E-state index contributed by atoms with van der Waals surface area (Å²) in [4.78, 5) is 34.2. The molecule has 0 rings (SSSR count). The van der Waals surface area contributed by atoms with Gasteiger partial charge >= 0.3 is 17.9 Å². The fourth-order valence-electron chi connectivity index (χ4n) is 1.55. The quantitative estimate of drug-likeness (QED) is 0.479. The first-order valence-corrected chi connectivity index (χ1v) is 7.62. The predicted molar refractivity (Wildman–Crippen MR) is 83.3 cm³/mol. The van der Waals surface area contributed by atoms with E-state index in [-0.39, 0.29) is 31.5 Å². The lowest BCUT2D eigenvalue weighted by Crippen LogP contribution is -2.39. The lowest BCUT2D eigenvalue weighted by atomic mass is 10.1. The second-order valence-corrected chi connectivity index (χ2v) is 6.26. The van der Waals surface area contributed by atoms with E-state index in [4.69, 9.17) is 26.0 Å². The van der Waals surface area contributed by atoms with Crippen molar-refractivity contribution >= 4 is 17.9 Å². The molecule has 0 aromatic rings. The van der Waals surface area contributed by atoms with Crippen molar-refractivity contribution in [3.05, 3.63) is 0 Å². The third-order valence-electron chi connectivity index (χ3n) is 3.37. The molecule has 5 N–H and O–H groups in total. The maximum Gasteiger partial charge on any atom is 0.323 e. The van der Waals surface area contributed by atoms with Gasteiger partial charge in [0.1, 0.15) is 12.1 Å². The van der Waals surface area contributed by atoms with Crippen LogP contribution < -0.4 is 11.5 Å². The molecular weight excluding hydrogens is 304 g/mol. The number of aliphatic carboxylic acids is 1. The third-order valence-corrected chi connectivity index (χ3v) is 3.37. The number of esters is 2. The van der Waals surface area contributed by atoms with Crippen LogP contribution in [0.1, 0.15) is 34.1 Å². The normalized spacial score (nSPS) is 14.0. The minimum atomic E-state index is -1.08. The Morgan fingerprint density at radius 3 is 1.48 bits per heavy atom. The molecular formula is C15H28N2O6. The van der Waals surface area contributed by atoms with Gasteiger partial charge in [-0.25, -0.2) is 0 Å². The highest BCUT2D eigenvalue weighted by Gasteiger charge is 2.24. The van der Waals surface area contributed by atoms with Gasteiger partial charge in [0.15, 0.2) is 0 Å². The van der Waals surface area contributed by atoms with E-state index in [1.54, 1.807) is 27.7 Å². The summed E-state index contributed by atoms with van der Waals surface area (Å²) in [7, 11) is 0. The van der Waals surface area contributed by atoms with Gasteiger partial charge in [0.25, 0.3) is 0 Å². The molecule has 0 radical (unpaired) electrons. The SMILES string of the molecule is CC(C)[C@H](N)C(=O)OCC(COC(=O)[C@@H](N)C(C)C)CC(=O)O. The van der Waals surface area contributed by atoms with Crippen molar-refractivity contribution in [2.24, 2.45) is 29.2 Å². The number of nitrogens with two attached hydrogens (primary N) is 2. The molecule has 0 unspecified atom stereocenters. The fourth-order valence-corrected chi connectivity index (χ4v) is 1.55. The van der Waals surface area contributed by atoms with Crippen LogP contribution in [0.4, 0.5) is 0 Å². The largest absolute Gasteiger partial charge is 0.481 e. The Bertz CT molecular complexity index is 381. The Labute approximate surface area is 136 Å². The molecule has 0 aromatic heterocycles. The monoisotopic (exact) mass is 332 g/mol. The zero-order valence-electron chi connectivity index (χ0n) is 14.2. The van der Waals surface area contributed by atoms with Crippen molar-refractivity contribution in [2.75, 3.05) is 13.2 Å². The number of carbonyl (C=O) groups is 3. The number of carboxylic acids is 1. The Balaban J connectivity index is 4.51. The van der Waals surface area contributed by atoms with Crippen LogP contribution in [0.15, 0.2) is 0 Å². The first-order chi connectivity index (χ1) is 10.6. The Morgan fingerprint density at radius 1 is 0.870 bits per heavy atom. The summed E-state index contributed by atoms with van der Waals surface area (Å²) in [6.45, 7) is 6.72. The number of rotatable bonds is 10. The molecule has 0 spiro atoms. The number of ether oxygens (including phenoxy) is 2. The molecule has 0 heterocycles. The third kappa shape index (κ3) is 8.51. The van der Waals surface area contributed by atoms with Gasteiger partial charge in [0.2, 0.25) is 0 Å². The van der Waals surface area contributed by atoms with Gasteiger partial charge in [-0.05, 0) is 11.8 Å². The molecule has 0 saturated carbocycles. The van der Waals surface area contributed by atoms with Crippen LogP contribution in [0.25, 0.3) is 0 Å². The van der Waals surface area contributed by atoms with E-state index < -0.39 is 35.9 Å². The second kappa shape index (κ2) is 10.2. The molecule has 134 valence electrons. The summed E-state index contributed by atoms with van der Waals surface area (Å²) in [6, 6.07) is -1.56. The van der Waals surface area contributed by atoms with Gasteiger partial charge in [-0.15, -0.1) is 0 Å². The first kappa shape index (κ1) is 21.3. The minimum Gasteiger partial charge on any atom is -0.481 e. The van der Waals surface area contributed by atoms with Crippen molar-refractivity contribution in [1.29, 1.82) is 0 Å². The lowest BCUT2D eigenvalue weighted by Gasteiger charge is -2.20. The summed E-state index contributed by atoms with van der Waals surface area (Å²) < 4.78 is 10.0. The number of hydrogen-bond donors (Lipinski definition) is 3. The van der Waals surface area contributed by atoms with Crippen LogP contribution in [0, 0.1) is 17.8 Å². The minimum absolute atomic E-state index is 0.0951. The fraction of sp³-hybridized carbons (Fsp3) is 0.800. The molecule has 0 saturated heterocycles. The van der Waals surface area contributed by atoms with Crippen LogP contribution in [0.3, 0.4) is 0 Å². The van der Waals surface area contributed by atoms with Crippen LogP contribution >= 0.6 is 0 Å². The van der Waals surface area contributed by atoms with E-state index in [9.17, 15) is 14.4 Å². The molecule has 0 amide bonds. The molecule has 0 fully saturated rings. The maximum absolute atomic E-state index is 11.7. The first-order valence-electron chi connectivity index (χ1n) is 7.62. The number of hydrogen-bond acceptors (Lipinski definition) is 7. The van der Waals surface area contributed by atoms with Crippen LogP contribution in [0.2, 0.25) is 0 Å². The highest BCUT2D eigenvalue weighted by atomic mass is 16.5. The van der Waals surface area contributed by atoms with Crippen molar-refractivity contribution in [1.82, 2.24) is 0 Å². The van der Waals surface area contributed by atoms with E-state index in [0.717, 1.165) is 0 Å². The topological polar surface area (TPSA) is 142 Å². The molecule has 8 nitrogen and oxygen atoms in total. The second-order valence-electron chi connectivity index (χ2n) is 6.26.